The van der Waals surface area contributed by atoms with Crippen LogP contribution < -0.4 is 10.1 Å². The number of rotatable bonds is 6. The zero-order valence-corrected chi connectivity index (χ0v) is 11.9. The maximum Gasteiger partial charge on any atom is 0.258 e. The second-order valence-corrected chi connectivity index (χ2v) is 4.76. The lowest BCUT2D eigenvalue weighted by atomic mass is 10.2. The third kappa shape index (κ3) is 4.28. The van der Waals surface area contributed by atoms with Crippen LogP contribution in [-0.2, 0) is 11.3 Å². The number of aryl methyl sites for hydroxylation is 1. The van der Waals surface area contributed by atoms with E-state index in [0.717, 1.165) is 11.3 Å². The van der Waals surface area contributed by atoms with Crippen molar-refractivity contribution in [3.63, 3.8) is 0 Å². The largest absolute Gasteiger partial charge is 0.484 e. The summed E-state index contributed by atoms with van der Waals surface area (Å²) in [5, 5.41) is 7.36. The van der Waals surface area contributed by atoms with Crippen LogP contribution in [0.1, 0.15) is 5.56 Å². The van der Waals surface area contributed by atoms with Crippen molar-refractivity contribution in [1.82, 2.24) is 15.1 Å². The van der Waals surface area contributed by atoms with Gasteiger partial charge in [0.15, 0.2) is 6.61 Å². The third-order valence-electron chi connectivity index (χ3n) is 2.72. The number of nitrogens with one attached hydrogen (secondary N) is 1. The second-order valence-electron chi connectivity index (χ2n) is 4.33. The monoisotopic (exact) mass is 293 g/mol. The van der Waals surface area contributed by atoms with Crippen LogP contribution in [-0.4, -0.2) is 28.8 Å². The lowest BCUT2D eigenvalue weighted by Crippen LogP contribution is -2.31. The molecule has 0 aliphatic rings. The Hall–Kier alpha value is -2.01. The average molecular weight is 294 g/mol. The minimum Gasteiger partial charge on any atom is -0.484 e. The molecule has 1 heterocycles. The number of para-hydroxylation sites is 1. The van der Waals surface area contributed by atoms with Gasteiger partial charge in [-0.3, -0.25) is 9.48 Å². The fraction of sp³-hybridized carbons (Fsp3) is 0.286. The highest BCUT2D eigenvalue weighted by Gasteiger charge is 2.04. The number of carbonyl (C=O) groups is 1. The van der Waals surface area contributed by atoms with Crippen molar-refractivity contribution in [1.29, 1.82) is 0 Å². The van der Waals surface area contributed by atoms with Crippen LogP contribution in [0.2, 0.25) is 5.02 Å². The summed E-state index contributed by atoms with van der Waals surface area (Å²) in [4.78, 5) is 11.6. The van der Waals surface area contributed by atoms with E-state index < -0.39 is 0 Å². The van der Waals surface area contributed by atoms with E-state index in [0.29, 0.717) is 18.1 Å². The molecule has 2 rings (SSSR count). The quantitative estimate of drug-likeness (QED) is 0.887. The first-order chi connectivity index (χ1) is 9.65. The normalized spacial score (nSPS) is 10.3. The van der Waals surface area contributed by atoms with Gasteiger partial charge in [0.1, 0.15) is 5.75 Å². The number of hydrogen-bond donors (Lipinski definition) is 1. The van der Waals surface area contributed by atoms with Crippen molar-refractivity contribution >= 4 is 17.5 Å². The molecule has 0 saturated heterocycles. The number of aromatic nitrogens is 2. The molecule has 1 amide bonds. The number of nitrogens with zero attached hydrogens (tertiary/aromatic N) is 2. The van der Waals surface area contributed by atoms with Gasteiger partial charge in [0.2, 0.25) is 0 Å². The first-order valence-corrected chi connectivity index (χ1v) is 6.66. The van der Waals surface area contributed by atoms with Crippen LogP contribution in [0.4, 0.5) is 0 Å². The van der Waals surface area contributed by atoms with E-state index in [9.17, 15) is 4.79 Å². The first-order valence-electron chi connectivity index (χ1n) is 6.28. The summed E-state index contributed by atoms with van der Waals surface area (Å²) in [5.41, 5.74) is 1.01. The number of halogens is 1. The van der Waals surface area contributed by atoms with Crippen LogP contribution in [0.5, 0.6) is 5.75 Å². The minimum atomic E-state index is -0.161. The molecule has 0 unspecified atom stereocenters. The van der Waals surface area contributed by atoms with Crippen molar-refractivity contribution in [3.8, 4) is 5.75 Å². The number of amides is 1. The first kappa shape index (κ1) is 14.4. The predicted octanol–water partition coefficient (Wildman–Crippen LogP) is 2.04. The minimum absolute atomic E-state index is 0.00468. The number of ether oxygens (including phenoxy) is 1. The van der Waals surface area contributed by atoms with Gasteiger partial charge in [-0.1, -0.05) is 29.8 Å². The zero-order chi connectivity index (χ0) is 14.4. The molecule has 0 atom stereocenters. The smallest absolute Gasteiger partial charge is 0.258 e. The highest BCUT2D eigenvalue weighted by Crippen LogP contribution is 2.15. The van der Waals surface area contributed by atoms with Gasteiger partial charge in [0.25, 0.3) is 5.91 Å². The Morgan fingerprint density at radius 3 is 2.95 bits per heavy atom. The van der Waals surface area contributed by atoms with Crippen LogP contribution in [0.15, 0.2) is 36.7 Å². The molecule has 20 heavy (non-hydrogen) atoms. The van der Waals surface area contributed by atoms with Crippen molar-refractivity contribution in [2.24, 2.45) is 0 Å². The molecule has 2 aromatic rings. The van der Waals surface area contributed by atoms with Crippen molar-refractivity contribution in [2.75, 3.05) is 13.2 Å². The zero-order valence-electron chi connectivity index (χ0n) is 11.2. The molecular formula is C14H16ClN3O2. The van der Waals surface area contributed by atoms with E-state index in [2.05, 4.69) is 10.4 Å². The SMILES string of the molecule is Cc1ccccc1OCC(=O)NCCn1cc(Cl)cn1. The standard InChI is InChI=1S/C14H16ClN3O2/c1-11-4-2-3-5-13(11)20-10-14(19)16-6-7-18-9-12(15)8-17-18/h2-5,8-9H,6-7,10H2,1H3,(H,16,19). The van der Waals surface area contributed by atoms with E-state index in [1.807, 2.05) is 31.2 Å². The molecule has 1 N–H and O–H groups in total. The van der Waals surface area contributed by atoms with Gasteiger partial charge in [0.05, 0.1) is 17.8 Å². The Bertz CT molecular complexity index is 583. The molecule has 1 aromatic carbocycles. The summed E-state index contributed by atoms with van der Waals surface area (Å²) in [5.74, 6) is 0.563. The van der Waals surface area contributed by atoms with Crippen LogP contribution in [0.3, 0.4) is 0 Å². The maximum atomic E-state index is 11.6. The summed E-state index contributed by atoms with van der Waals surface area (Å²) in [6, 6.07) is 7.59. The molecule has 0 aliphatic heterocycles. The molecule has 0 aliphatic carbocycles. The summed E-state index contributed by atoms with van der Waals surface area (Å²) in [6.45, 7) is 3.00. The Balaban J connectivity index is 1.69. The molecule has 5 nitrogen and oxygen atoms in total. The summed E-state index contributed by atoms with van der Waals surface area (Å²) in [6.07, 6.45) is 3.27. The molecule has 0 saturated carbocycles. The van der Waals surface area contributed by atoms with Gasteiger partial charge in [-0.05, 0) is 18.6 Å². The van der Waals surface area contributed by atoms with E-state index in [1.54, 1.807) is 17.1 Å². The van der Waals surface area contributed by atoms with Gasteiger partial charge >= 0.3 is 0 Å². The summed E-state index contributed by atoms with van der Waals surface area (Å²) < 4.78 is 7.12. The number of carbonyl (C=O) groups excluding carboxylic acids is 1. The molecule has 0 bridgehead atoms. The summed E-state index contributed by atoms with van der Waals surface area (Å²) in [7, 11) is 0. The Morgan fingerprint density at radius 1 is 1.45 bits per heavy atom. The van der Waals surface area contributed by atoms with Crippen molar-refractivity contribution in [3.05, 3.63) is 47.2 Å². The van der Waals surface area contributed by atoms with Crippen LogP contribution in [0.25, 0.3) is 0 Å². The van der Waals surface area contributed by atoms with E-state index >= 15 is 0 Å². The topological polar surface area (TPSA) is 56.1 Å². The average Bonchev–Trinajstić information content (AvgIpc) is 2.83. The van der Waals surface area contributed by atoms with Gasteiger partial charge < -0.3 is 10.1 Å². The van der Waals surface area contributed by atoms with Gasteiger partial charge in [0, 0.05) is 12.7 Å². The molecule has 0 fully saturated rings. The fourth-order valence-corrected chi connectivity index (χ4v) is 1.84. The molecule has 106 valence electrons. The van der Waals surface area contributed by atoms with E-state index in [-0.39, 0.29) is 12.5 Å². The van der Waals surface area contributed by atoms with Gasteiger partial charge in [-0.15, -0.1) is 0 Å². The lowest BCUT2D eigenvalue weighted by molar-refractivity contribution is -0.123. The van der Waals surface area contributed by atoms with Crippen LogP contribution in [0, 0.1) is 6.92 Å². The maximum absolute atomic E-state index is 11.6. The number of benzene rings is 1. The highest BCUT2D eigenvalue weighted by atomic mass is 35.5. The molecule has 6 heteroatoms. The predicted molar refractivity (Wildman–Crippen MR) is 76.9 cm³/mol. The van der Waals surface area contributed by atoms with Gasteiger partial charge in [-0.25, -0.2) is 0 Å². The Labute approximate surface area is 122 Å². The fourth-order valence-electron chi connectivity index (χ4n) is 1.68. The highest BCUT2D eigenvalue weighted by molar-refractivity contribution is 6.30. The van der Waals surface area contributed by atoms with Crippen LogP contribution >= 0.6 is 11.6 Å². The molecule has 1 aromatic heterocycles. The molecular weight excluding hydrogens is 278 g/mol. The van der Waals surface area contributed by atoms with Crippen molar-refractivity contribution in [2.45, 2.75) is 13.5 Å². The molecule has 0 radical (unpaired) electrons. The van der Waals surface area contributed by atoms with Crippen molar-refractivity contribution < 1.29 is 9.53 Å². The Morgan fingerprint density at radius 2 is 2.25 bits per heavy atom. The number of hydrogen-bond acceptors (Lipinski definition) is 3. The third-order valence-corrected chi connectivity index (χ3v) is 2.91. The van der Waals surface area contributed by atoms with E-state index in [1.165, 1.54) is 0 Å². The lowest BCUT2D eigenvalue weighted by Gasteiger charge is -2.09. The summed E-state index contributed by atoms with van der Waals surface area (Å²) >= 11 is 5.74. The van der Waals surface area contributed by atoms with Gasteiger partial charge in [-0.2, -0.15) is 5.10 Å². The Kier molecular flexibility index (Phi) is 5.01. The second kappa shape index (κ2) is 6.96. The molecule has 0 spiro atoms. The van der Waals surface area contributed by atoms with E-state index in [4.69, 9.17) is 16.3 Å².